The van der Waals surface area contributed by atoms with Gasteiger partial charge in [-0.25, -0.2) is 4.79 Å². The van der Waals surface area contributed by atoms with E-state index in [1.807, 2.05) is 0 Å². The Morgan fingerprint density at radius 3 is 2.29 bits per heavy atom. The lowest BCUT2D eigenvalue weighted by Gasteiger charge is -1.79. The summed E-state index contributed by atoms with van der Waals surface area (Å²) in [7, 11) is 0. The number of rotatable bonds is 1. The fourth-order valence-corrected chi connectivity index (χ4v) is 0.0713. The highest BCUT2D eigenvalue weighted by Crippen LogP contribution is 1.89. The van der Waals surface area contributed by atoms with Crippen molar-refractivity contribution >= 4 is 5.97 Å². The number of nitrogens with two attached hydrogens (primary N) is 1. The highest BCUT2D eigenvalue weighted by molar-refractivity contribution is 5.83. The molecular formula is C3H4FNO2. The molecule has 3 N–H and O–H groups in total. The monoisotopic (exact) mass is 105 g/mol. The molecule has 0 amide bonds. The van der Waals surface area contributed by atoms with Gasteiger partial charge in [-0.2, -0.15) is 4.39 Å². The van der Waals surface area contributed by atoms with Crippen molar-refractivity contribution in [2.24, 2.45) is 5.73 Å². The van der Waals surface area contributed by atoms with E-state index in [9.17, 15) is 9.18 Å². The third-order valence-corrected chi connectivity index (χ3v) is 0.351. The predicted molar refractivity (Wildman–Crippen MR) is 21.0 cm³/mol. The van der Waals surface area contributed by atoms with Crippen LogP contribution in [0.15, 0.2) is 12.0 Å². The van der Waals surface area contributed by atoms with Crippen molar-refractivity contribution in [3.05, 3.63) is 12.0 Å². The molecule has 0 rings (SSSR count). The van der Waals surface area contributed by atoms with Gasteiger partial charge in [0.05, 0.1) is 0 Å². The van der Waals surface area contributed by atoms with Crippen molar-refractivity contribution in [3.63, 3.8) is 0 Å². The maximum atomic E-state index is 11.4. The highest BCUT2D eigenvalue weighted by Gasteiger charge is 2.00. The largest absolute Gasteiger partial charge is 0.476 e. The van der Waals surface area contributed by atoms with E-state index in [2.05, 4.69) is 5.73 Å². The standard InChI is InChI=1S/C3H4FNO2/c4-2(1-5)3(6)7/h1H,5H2,(H,6,7)/b2-1-. The Labute approximate surface area is 39.2 Å². The maximum absolute atomic E-state index is 11.4. The summed E-state index contributed by atoms with van der Waals surface area (Å²) in [6.45, 7) is 0. The number of hydrogen-bond donors (Lipinski definition) is 2. The van der Waals surface area contributed by atoms with Gasteiger partial charge in [0.2, 0.25) is 5.83 Å². The van der Waals surface area contributed by atoms with E-state index >= 15 is 0 Å². The number of carboxylic acids is 1. The van der Waals surface area contributed by atoms with Gasteiger partial charge in [-0.05, 0) is 0 Å². The molecule has 0 fully saturated rings. The average Bonchev–Trinajstić information content (AvgIpc) is 1.65. The first-order chi connectivity index (χ1) is 3.18. The zero-order valence-electron chi connectivity index (χ0n) is 3.39. The van der Waals surface area contributed by atoms with Crippen LogP contribution in [0.4, 0.5) is 4.39 Å². The molecule has 0 atom stereocenters. The zero-order valence-corrected chi connectivity index (χ0v) is 3.39. The van der Waals surface area contributed by atoms with Crippen molar-refractivity contribution in [1.82, 2.24) is 0 Å². The minimum atomic E-state index is -1.64. The van der Waals surface area contributed by atoms with Gasteiger partial charge in [0.25, 0.3) is 0 Å². The van der Waals surface area contributed by atoms with Crippen LogP contribution in [0.1, 0.15) is 0 Å². The third-order valence-electron chi connectivity index (χ3n) is 0.351. The Balaban J connectivity index is 3.82. The minimum absolute atomic E-state index is 0.391. The summed E-state index contributed by atoms with van der Waals surface area (Å²) in [5.41, 5.74) is 4.46. The van der Waals surface area contributed by atoms with E-state index in [4.69, 9.17) is 5.11 Å². The van der Waals surface area contributed by atoms with Gasteiger partial charge in [-0.15, -0.1) is 0 Å². The van der Waals surface area contributed by atoms with Crippen LogP contribution in [-0.4, -0.2) is 11.1 Å². The van der Waals surface area contributed by atoms with Crippen LogP contribution >= 0.6 is 0 Å². The van der Waals surface area contributed by atoms with E-state index in [0.29, 0.717) is 6.20 Å². The number of hydrogen-bond acceptors (Lipinski definition) is 2. The average molecular weight is 105 g/mol. The van der Waals surface area contributed by atoms with Crippen molar-refractivity contribution in [3.8, 4) is 0 Å². The summed E-state index contributed by atoms with van der Waals surface area (Å²) in [6, 6.07) is 0. The van der Waals surface area contributed by atoms with Crippen molar-refractivity contribution in [2.45, 2.75) is 0 Å². The molecule has 0 radical (unpaired) electrons. The van der Waals surface area contributed by atoms with E-state index < -0.39 is 11.8 Å². The molecule has 0 aliphatic heterocycles. The molecule has 3 nitrogen and oxygen atoms in total. The Kier molecular flexibility index (Phi) is 1.84. The van der Waals surface area contributed by atoms with Crippen LogP contribution in [0.2, 0.25) is 0 Å². The topological polar surface area (TPSA) is 63.3 Å². The maximum Gasteiger partial charge on any atom is 0.366 e. The Hall–Kier alpha value is -1.06. The van der Waals surface area contributed by atoms with Gasteiger partial charge in [-0.1, -0.05) is 0 Å². The summed E-state index contributed by atoms with van der Waals surface area (Å²) < 4.78 is 11.4. The lowest BCUT2D eigenvalue weighted by atomic mass is 10.6. The van der Waals surface area contributed by atoms with Crippen molar-refractivity contribution in [1.29, 1.82) is 0 Å². The summed E-state index contributed by atoms with van der Waals surface area (Å²) in [4.78, 5) is 9.41. The molecule has 0 aliphatic carbocycles. The number of carboxylic acid groups (broad SMARTS) is 1. The fourth-order valence-electron chi connectivity index (χ4n) is 0.0713. The molecule has 0 bridgehead atoms. The molecule has 0 spiro atoms. The second kappa shape index (κ2) is 2.17. The van der Waals surface area contributed by atoms with E-state index in [0.717, 1.165) is 0 Å². The molecule has 0 heterocycles. The Morgan fingerprint density at radius 2 is 2.29 bits per heavy atom. The van der Waals surface area contributed by atoms with E-state index in [1.165, 1.54) is 0 Å². The summed E-state index contributed by atoms with van der Waals surface area (Å²) in [5, 5.41) is 7.66. The summed E-state index contributed by atoms with van der Waals surface area (Å²) in [5.74, 6) is -2.97. The molecule has 7 heavy (non-hydrogen) atoms. The quantitative estimate of drug-likeness (QED) is 0.455. The fraction of sp³-hybridized carbons (Fsp3) is 0. The zero-order chi connectivity index (χ0) is 5.86. The lowest BCUT2D eigenvalue weighted by Crippen LogP contribution is -1.96. The molecule has 40 valence electrons. The first-order valence-electron chi connectivity index (χ1n) is 1.49. The van der Waals surface area contributed by atoms with Crippen LogP contribution in [0.25, 0.3) is 0 Å². The molecule has 0 saturated carbocycles. The van der Waals surface area contributed by atoms with Crippen molar-refractivity contribution in [2.75, 3.05) is 0 Å². The highest BCUT2D eigenvalue weighted by atomic mass is 19.1. The van der Waals surface area contributed by atoms with Crippen LogP contribution in [0, 0.1) is 0 Å². The molecule has 0 unspecified atom stereocenters. The van der Waals surface area contributed by atoms with Gasteiger partial charge in [0.15, 0.2) is 0 Å². The SMILES string of the molecule is N/C=C(\F)C(=O)O. The number of carbonyl (C=O) groups is 1. The molecule has 4 heteroatoms. The Bertz CT molecular complexity index is 110. The smallest absolute Gasteiger partial charge is 0.366 e. The number of aliphatic carboxylic acids is 1. The van der Waals surface area contributed by atoms with Crippen LogP contribution < -0.4 is 5.73 Å². The molecule has 0 aromatic rings. The van der Waals surface area contributed by atoms with Crippen LogP contribution in [-0.2, 0) is 4.79 Å². The number of halogens is 1. The van der Waals surface area contributed by atoms with E-state index in [-0.39, 0.29) is 0 Å². The van der Waals surface area contributed by atoms with Gasteiger partial charge in [-0.3, -0.25) is 0 Å². The molecule has 0 aromatic carbocycles. The Morgan fingerprint density at radius 1 is 1.86 bits per heavy atom. The first kappa shape index (κ1) is 5.94. The molecule has 0 saturated heterocycles. The lowest BCUT2D eigenvalue weighted by molar-refractivity contribution is -0.134. The van der Waals surface area contributed by atoms with Gasteiger partial charge < -0.3 is 10.8 Å². The first-order valence-corrected chi connectivity index (χ1v) is 1.49. The minimum Gasteiger partial charge on any atom is -0.476 e. The molecule has 0 aromatic heterocycles. The van der Waals surface area contributed by atoms with Crippen LogP contribution in [0.5, 0.6) is 0 Å². The summed E-state index contributed by atoms with van der Waals surface area (Å²) in [6.07, 6.45) is 0.391. The summed E-state index contributed by atoms with van der Waals surface area (Å²) >= 11 is 0. The van der Waals surface area contributed by atoms with E-state index in [1.54, 1.807) is 0 Å². The van der Waals surface area contributed by atoms with Gasteiger partial charge in [0, 0.05) is 6.20 Å². The van der Waals surface area contributed by atoms with Gasteiger partial charge in [0.1, 0.15) is 0 Å². The second-order valence-electron chi connectivity index (χ2n) is 0.820. The van der Waals surface area contributed by atoms with Crippen LogP contribution in [0.3, 0.4) is 0 Å². The molecule has 0 aliphatic rings. The second-order valence-corrected chi connectivity index (χ2v) is 0.820. The van der Waals surface area contributed by atoms with Gasteiger partial charge >= 0.3 is 5.97 Å². The predicted octanol–water partition coefficient (Wildman–Crippen LogP) is -0.159. The molecular weight excluding hydrogens is 101 g/mol. The normalized spacial score (nSPS) is 11.3. The van der Waals surface area contributed by atoms with Crippen molar-refractivity contribution < 1.29 is 14.3 Å². The third kappa shape index (κ3) is 1.75.